The van der Waals surface area contributed by atoms with Gasteiger partial charge in [0, 0.05) is 19.1 Å². The number of hydrogen-bond donors (Lipinski definition) is 1. The molecule has 1 aliphatic carbocycles. The molecule has 0 heterocycles. The number of benzene rings is 1. The van der Waals surface area contributed by atoms with Crippen molar-refractivity contribution in [3.63, 3.8) is 0 Å². The van der Waals surface area contributed by atoms with Crippen LogP contribution in [0.1, 0.15) is 31.7 Å². The molecule has 1 aromatic carbocycles. The first-order valence-electron chi connectivity index (χ1n) is 8.11. The molecule has 2 rings (SSSR count). The van der Waals surface area contributed by atoms with Crippen molar-refractivity contribution in [1.82, 2.24) is 10.2 Å². The summed E-state index contributed by atoms with van der Waals surface area (Å²) in [5.41, 5.74) is 1.35. The molecule has 0 aliphatic heterocycles. The molecule has 1 N–H and O–H groups in total. The molecule has 1 saturated carbocycles. The zero-order valence-corrected chi connectivity index (χ0v) is 13.9. The number of hydrogen-bond acceptors (Lipinski definition) is 3. The van der Waals surface area contributed by atoms with Crippen LogP contribution in [0.4, 0.5) is 0 Å². The molecule has 0 aromatic heterocycles. The highest BCUT2D eigenvalue weighted by atomic mass is 16.5. The van der Waals surface area contributed by atoms with Crippen molar-refractivity contribution in [2.45, 2.75) is 38.8 Å². The molecule has 118 valence electrons. The summed E-state index contributed by atoms with van der Waals surface area (Å²) in [6, 6.07) is 9.09. The Morgan fingerprint density at radius 3 is 2.57 bits per heavy atom. The standard InChI is InChI=1S/C18H30N2O/c1-14-5-10-18(19-2)16(11-14)13-20(3)12-15-6-8-17(21-4)9-7-15/h6-9,14,16,18-19H,5,10-13H2,1-4H3. The monoisotopic (exact) mass is 290 g/mol. The number of rotatable bonds is 6. The Morgan fingerprint density at radius 1 is 1.24 bits per heavy atom. The Hall–Kier alpha value is -1.06. The fourth-order valence-electron chi connectivity index (χ4n) is 3.59. The van der Waals surface area contributed by atoms with E-state index in [0.29, 0.717) is 6.04 Å². The van der Waals surface area contributed by atoms with E-state index < -0.39 is 0 Å². The molecule has 3 unspecified atom stereocenters. The third-order valence-corrected chi connectivity index (χ3v) is 4.77. The highest BCUT2D eigenvalue weighted by Gasteiger charge is 2.28. The number of nitrogens with zero attached hydrogens (tertiary/aromatic N) is 1. The average molecular weight is 290 g/mol. The van der Waals surface area contributed by atoms with Gasteiger partial charge in [0.05, 0.1) is 7.11 Å². The summed E-state index contributed by atoms with van der Waals surface area (Å²) in [5, 5.41) is 3.52. The van der Waals surface area contributed by atoms with Crippen molar-refractivity contribution in [2.24, 2.45) is 11.8 Å². The fraction of sp³-hybridized carbons (Fsp3) is 0.667. The van der Waals surface area contributed by atoms with E-state index in [1.807, 2.05) is 12.1 Å². The first-order valence-corrected chi connectivity index (χ1v) is 8.11. The summed E-state index contributed by atoms with van der Waals surface area (Å²) in [5.74, 6) is 2.56. The molecule has 0 saturated heterocycles. The average Bonchev–Trinajstić information content (AvgIpc) is 2.48. The Labute approximate surface area is 129 Å². The minimum absolute atomic E-state index is 0.680. The Kier molecular flexibility index (Phi) is 6.07. The summed E-state index contributed by atoms with van der Waals surface area (Å²) in [6.45, 7) is 4.57. The van der Waals surface area contributed by atoms with E-state index in [2.05, 4.69) is 43.4 Å². The van der Waals surface area contributed by atoms with Gasteiger partial charge in [0.25, 0.3) is 0 Å². The van der Waals surface area contributed by atoms with E-state index in [9.17, 15) is 0 Å². The zero-order chi connectivity index (χ0) is 15.2. The second-order valence-electron chi connectivity index (χ2n) is 6.62. The lowest BCUT2D eigenvalue weighted by Gasteiger charge is -2.37. The lowest BCUT2D eigenvalue weighted by atomic mass is 9.78. The number of nitrogens with one attached hydrogen (secondary N) is 1. The molecule has 0 amide bonds. The van der Waals surface area contributed by atoms with E-state index in [0.717, 1.165) is 24.1 Å². The van der Waals surface area contributed by atoms with Gasteiger partial charge in [-0.1, -0.05) is 19.1 Å². The highest BCUT2D eigenvalue weighted by Crippen LogP contribution is 2.29. The SMILES string of the molecule is CNC1CCC(C)CC1CN(C)Cc1ccc(OC)cc1. The van der Waals surface area contributed by atoms with Crippen molar-refractivity contribution in [1.29, 1.82) is 0 Å². The first-order chi connectivity index (χ1) is 10.1. The van der Waals surface area contributed by atoms with Gasteiger partial charge in [-0.15, -0.1) is 0 Å². The van der Waals surface area contributed by atoms with Crippen LogP contribution in [0.25, 0.3) is 0 Å². The van der Waals surface area contributed by atoms with Crippen molar-refractivity contribution in [3.05, 3.63) is 29.8 Å². The van der Waals surface area contributed by atoms with Crippen LogP contribution in [0.5, 0.6) is 5.75 Å². The normalized spacial score (nSPS) is 26.0. The summed E-state index contributed by atoms with van der Waals surface area (Å²) >= 11 is 0. The van der Waals surface area contributed by atoms with Crippen molar-refractivity contribution in [2.75, 3.05) is 27.7 Å². The van der Waals surface area contributed by atoms with E-state index in [1.165, 1.54) is 31.4 Å². The molecule has 1 aliphatic rings. The van der Waals surface area contributed by atoms with E-state index in [1.54, 1.807) is 7.11 Å². The third kappa shape index (κ3) is 4.72. The molecule has 21 heavy (non-hydrogen) atoms. The minimum Gasteiger partial charge on any atom is -0.497 e. The highest BCUT2D eigenvalue weighted by molar-refractivity contribution is 5.27. The van der Waals surface area contributed by atoms with Crippen LogP contribution >= 0.6 is 0 Å². The predicted molar refractivity (Wildman–Crippen MR) is 88.7 cm³/mol. The molecule has 3 nitrogen and oxygen atoms in total. The Balaban J connectivity index is 1.88. The van der Waals surface area contributed by atoms with Crippen molar-refractivity contribution < 1.29 is 4.74 Å². The summed E-state index contributed by atoms with van der Waals surface area (Å²) in [6.07, 6.45) is 4.03. The quantitative estimate of drug-likeness (QED) is 0.871. The van der Waals surface area contributed by atoms with Gasteiger partial charge in [-0.2, -0.15) is 0 Å². The van der Waals surface area contributed by atoms with Gasteiger partial charge < -0.3 is 15.0 Å². The Bertz CT molecular complexity index is 418. The van der Waals surface area contributed by atoms with E-state index in [-0.39, 0.29) is 0 Å². The Morgan fingerprint density at radius 2 is 1.95 bits per heavy atom. The topological polar surface area (TPSA) is 24.5 Å². The second-order valence-corrected chi connectivity index (χ2v) is 6.62. The number of ether oxygens (including phenoxy) is 1. The molecule has 0 spiro atoms. The molecule has 0 bridgehead atoms. The fourth-order valence-corrected chi connectivity index (χ4v) is 3.59. The van der Waals surface area contributed by atoms with Gasteiger partial charge in [0.15, 0.2) is 0 Å². The number of methoxy groups -OCH3 is 1. The van der Waals surface area contributed by atoms with Gasteiger partial charge in [-0.05, 0) is 62.9 Å². The molecule has 3 atom stereocenters. The van der Waals surface area contributed by atoms with Crippen LogP contribution in [-0.2, 0) is 6.54 Å². The lowest BCUT2D eigenvalue weighted by molar-refractivity contribution is 0.162. The van der Waals surface area contributed by atoms with Crippen LogP contribution < -0.4 is 10.1 Å². The maximum absolute atomic E-state index is 5.21. The van der Waals surface area contributed by atoms with Gasteiger partial charge in [-0.3, -0.25) is 0 Å². The third-order valence-electron chi connectivity index (χ3n) is 4.77. The van der Waals surface area contributed by atoms with Crippen molar-refractivity contribution >= 4 is 0 Å². The molecule has 1 fully saturated rings. The summed E-state index contributed by atoms with van der Waals surface area (Å²) in [4.78, 5) is 2.45. The van der Waals surface area contributed by atoms with Crippen molar-refractivity contribution in [3.8, 4) is 5.75 Å². The van der Waals surface area contributed by atoms with Gasteiger partial charge in [0.2, 0.25) is 0 Å². The van der Waals surface area contributed by atoms with Gasteiger partial charge in [-0.25, -0.2) is 0 Å². The van der Waals surface area contributed by atoms with Crippen LogP contribution in [-0.4, -0.2) is 38.7 Å². The van der Waals surface area contributed by atoms with Crippen LogP contribution in [0.2, 0.25) is 0 Å². The molecular formula is C18H30N2O. The van der Waals surface area contributed by atoms with Gasteiger partial charge >= 0.3 is 0 Å². The second kappa shape index (κ2) is 7.81. The zero-order valence-electron chi connectivity index (χ0n) is 13.9. The molecular weight excluding hydrogens is 260 g/mol. The maximum Gasteiger partial charge on any atom is 0.118 e. The summed E-state index contributed by atoms with van der Waals surface area (Å²) in [7, 11) is 6.05. The summed E-state index contributed by atoms with van der Waals surface area (Å²) < 4.78 is 5.21. The molecule has 0 radical (unpaired) electrons. The molecule has 3 heteroatoms. The van der Waals surface area contributed by atoms with Crippen LogP contribution in [0.15, 0.2) is 24.3 Å². The molecule has 1 aromatic rings. The van der Waals surface area contributed by atoms with Crippen LogP contribution in [0, 0.1) is 11.8 Å². The smallest absolute Gasteiger partial charge is 0.118 e. The largest absolute Gasteiger partial charge is 0.497 e. The predicted octanol–water partition coefficient (Wildman–Crippen LogP) is 3.15. The minimum atomic E-state index is 0.680. The maximum atomic E-state index is 5.21. The van der Waals surface area contributed by atoms with E-state index in [4.69, 9.17) is 4.74 Å². The van der Waals surface area contributed by atoms with E-state index >= 15 is 0 Å². The van der Waals surface area contributed by atoms with Crippen LogP contribution in [0.3, 0.4) is 0 Å². The lowest BCUT2D eigenvalue weighted by Crippen LogP contribution is -2.43. The first kappa shape index (κ1) is 16.3. The van der Waals surface area contributed by atoms with Gasteiger partial charge in [0.1, 0.15) is 5.75 Å².